The lowest BCUT2D eigenvalue weighted by atomic mass is 10.1. The van der Waals surface area contributed by atoms with Crippen LogP contribution >= 0.6 is 23.2 Å². The Labute approximate surface area is 131 Å². The van der Waals surface area contributed by atoms with Crippen LogP contribution in [0, 0.1) is 6.92 Å². The topological polar surface area (TPSA) is 61.0 Å². The minimum Gasteiger partial charge on any atom is -0.434 e. The number of aromatic nitrogens is 2. The number of benzene rings is 2. The Balaban J connectivity index is 2.13. The monoisotopic (exact) mass is 319 g/mol. The first-order chi connectivity index (χ1) is 10.1. The van der Waals surface area contributed by atoms with Crippen LogP contribution in [0.25, 0.3) is 10.8 Å². The number of nitrogens with zero attached hydrogens (tertiary/aromatic N) is 2. The fourth-order valence-corrected chi connectivity index (χ4v) is 2.64. The van der Waals surface area contributed by atoms with Crippen molar-refractivity contribution in [1.29, 1.82) is 0 Å². The van der Waals surface area contributed by atoms with Crippen LogP contribution in [0.4, 0.5) is 5.69 Å². The van der Waals surface area contributed by atoms with Gasteiger partial charge in [-0.2, -0.15) is 5.10 Å². The number of fused-ring (bicyclic) bond motifs is 1. The van der Waals surface area contributed by atoms with Crippen LogP contribution < -0.4 is 10.5 Å². The summed E-state index contributed by atoms with van der Waals surface area (Å²) in [6.45, 7) is 1.89. The molecule has 106 valence electrons. The van der Waals surface area contributed by atoms with Gasteiger partial charge in [-0.25, -0.2) is 0 Å². The highest BCUT2D eigenvalue weighted by Crippen LogP contribution is 2.39. The van der Waals surface area contributed by atoms with Crippen LogP contribution in [0.1, 0.15) is 5.69 Å². The van der Waals surface area contributed by atoms with Gasteiger partial charge in [-0.1, -0.05) is 41.4 Å². The van der Waals surface area contributed by atoms with Gasteiger partial charge in [0.2, 0.25) is 5.88 Å². The van der Waals surface area contributed by atoms with E-state index >= 15 is 0 Å². The van der Waals surface area contributed by atoms with E-state index in [9.17, 15) is 0 Å². The van der Waals surface area contributed by atoms with Crippen molar-refractivity contribution in [3.8, 4) is 11.6 Å². The zero-order chi connectivity index (χ0) is 15.0. The molecule has 0 spiro atoms. The molecule has 0 radical (unpaired) electrons. The third-order valence-corrected chi connectivity index (χ3v) is 3.62. The van der Waals surface area contributed by atoms with Crippen molar-refractivity contribution in [3.05, 3.63) is 52.1 Å². The average Bonchev–Trinajstić information content (AvgIpc) is 2.45. The molecule has 0 amide bonds. The van der Waals surface area contributed by atoms with Gasteiger partial charge in [0.1, 0.15) is 0 Å². The summed E-state index contributed by atoms with van der Waals surface area (Å²) in [6, 6.07) is 10.9. The lowest BCUT2D eigenvalue weighted by Gasteiger charge is -2.11. The van der Waals surface area contributed by atoms with Crippen molar-refractivity contribution in [1.82, 2.24) is 10.2 Å². The molecule has 4 nitrogen and oxygen atoms in total. The molecule has 21 heavy (non-hydrogen) atoms. The smallest absolute Gasteiger partial charge is 0.246 e. The maximum Gasteiger partial charge on any atom is 0.246 e. The lowest BCUT2D eigenvalue weighted by Crippen LogP contribution is -1.96. The van der Waals surface area contributed by atoms with Gasteiger partial charge in [-0.3, -0.25) is 0 Å². The molecular formula is C15H11Cl2N3O. The van der Waals surface area contributed by atoms with E-state index in [0.717, 1.165) is 16.5 Å². The van der Waals surface area contributed by atoms with E-state index in [4.69, 9.17) is 33.7 Å². The van der Waals surface area contributed by atoms with Crippen LogP contribution in [-0.2, 0) is 0 Å². The number of anilines is 1. The van der Waals surface area contributed by atoms with Crippen LogP contribution in [-0.4, -0.2) is 10.2 Å². The molecule has 0 unspecified atom stereocenters. The molecule has 1 heterocycles. The Kier molecular flexibility index (Phi) is 3.57. The molecule has 0 aliphatic rings. The van der Waals surface area contributed by atoms with E-state index in [2.05, 4.69) is 10.2 Å². The third-order valence-electron chi connectivity index (χ3n) is 3.06. The summed E-state index contributed by atoms with van der Waals surface area (Å²) in [5.41, 5.74) is 6.98. The van der Waals surface area contributed by atoms with E-state index in [-0.39, 0.29) is 0 Å². The standard InChI is InChI=1S/C15H11Cl2N3O/c1-8-10-4-2-3-5-11(10)15(20-19-8)21-14-12(16)6-9(18)7-13(14)17/h2-7H,18H2,1H3. The zero-order valence-corrected chi connectivity index (χ0v) is 12.6. The molecule has 6 heteroatoms. The first-order valence-corrected chi connectivity index (χ1v) is 6.96. The van der Waals surface area contributed by atoms with Crippen molar-refractivity contribution >= 4 is 39.7 Å². The number of hydrogen-bond donors (Lipinski definition) is 1. The van der Waals surface area contributed by atoms with Crippen LogP contribution in [0.3, 0.4) is 0 Å². The average molecular weight is 320 g/mol. The largest absolute Gasteiger partial charge is 0.434 e. The molecule has 0 saturated carbocycles. The predicted molar refractivity (Wildman–Crippen MR) is 85.2 cm³/mol. The Morgan fingerprint density at radius 3 is 2.29 bits per heavy atom. The summed E-state index contributed by atoms with van der Waals surface area (Å²) >= 11 is 12.3. The molecule has 2 N–H and O–H groups in total. The van der Waals surface area contributed by atoms with Crippen molar-refractivity contribution in [3.63, 3.8) is 0 Å². The van der Waals surface area contributed by atoms with Crippen LogP contribution in [0.2, 0.25) is 10.0 Å². The van der Waals surface area contributed by atoms with E-state index < -0.39 is 0 Å². The Morgan fingerprint density at radius 2 is 1.62 bits per heavy atom. The number of ether oxygens (including phenoxy) is 1. The van der Waals surface area contributed by atoms with Gasteiger partial charge in [0, 0.05) is 16.5 Å². The predicted octanol–water partition coefficient (Wildman–Crippen LogP) is 4.62. The van der Waals surface area contributed by atoms with Crippen molar-refractivity contribution in [2.24, 2.45) is 0 Å². The number of rotatable bonds is 2. The SMILES string of the molecule is Cc1nnc(Oc2c(Cl)cc(N)cc2Cl)c2ccccc12. The maximum absolute atomic E-state index is 6.13. The maximum atomic E-state index is 6.13. The van der Waals surface area contributed by atoms with E-state index in [1.807, 2.05) is 31.2 Å². The summed E-state index contributed by atoms with van der Waals surface area (Å²) in [6.07, 6.45) is 0. The lowest BCUT2D eigenvalue weighted by molar-refractivity contribution is 0.462. The highest BCUT2D eigenvalue weighted by Gasteiger charge is 2.14. The number of halogens is 2. The highest BCUT2D eigenvalue weighted by atomic mass is 35.5. The minimum absolute atomic E-state index is 0.316. The molecule has 3 aromatic rings. The van der Waals surface area contributed by atoms with Crippen LogP contribution in [0.5, 0.6) is 11.6 Å². The molecule has 2 aromatic carbocycles. The summed E-state index contributed by atoms with van der Waals surface area (Å²) in [5, 5.41) is 10.6. The van der Waals surface area contributed by atoms with Gasteiger partial charge in [-0.05, 0) is 25.1 Å². The van der Waals surface area contributed by atoms with Crippen molar-refractivity contribution < 1.29 is 4.74 Å². The van der Waals surface area contributed by atoms with Gasteiger partial charge < -0.3 is 10.5 Å². The Bertz CT molecular complexity index is 813. The molecular weight excluding hydrogens is 309 g/mol. The van der Waals surface area contributed by atoms with Crippen molar-refractivity contribution in [2.45, 2.75) is 6.92 Å². The van der Waals surface area contributed by atoms with Crippen molar-refractivity contribution in [2.75, 3.05) is 5.73 Å². The van der Waals surface area contributed by atoms with Gasteiger partial charge >= 0.3 is 0 Å². The number of hydrogen-bond acceptors (Lipinski definition) is 4. The molecule has 3 rings (SSSR count). The highest BCUT2D eigenvalue weighted by molar-refractivity contribution is 6.37. The summed E-state index contributed by atoms with van der Waals surface area (Å²) < 4.78 is 5.77. The molecule has 0 saturated heterocycles. The number of nitrogen functional groups attached to an aromatic ring is 1. The summed E-state index contributed by atoms with van der Waals surface area (Å²) in [7, 11) is 0. The first-order valence-electron chi connectivity index (χ1n) is 6.20. The fourth-order valence-electron chi connectivity index (χ4n) is 2.06. The van der Waals surface area contributed by atoms with Gasteiger partial charge in [0.15, 0.2) is 5.75 Å². The van der Waals surface area contributed by atoms with E-state index in [1.165, 1.54) is 0 Å². The first kappa shape index (κ1) is 13.9. The molecule has 1 aromatic heterocycles. The molecule has 0 aliphatic carbocycles. The zero-order valence-electron chi connectivity index (χ0n) is 11.1. The normalized spacial score (nSPS) is 10.8. The van der Waals surface area contributed by atoms with E-state index in [0.29, 0.717) is 27.4 Å². The summed E-state index contributed by atoms with van der Waals surface area (Å²) in [4.78, 5) is 0. The molecule has 0 aliphatic heterocycles. The van der Waals surface area contributed by atoms with Gasteiger partial charge in [-0.15, -0.1) is 5.10 Å². The van der Waals surface area contributed by atoms with Crippen LogP contribution in [0.15, 0.2) is 36.4 Å². The third kappa shape index (κ3) is 2.60. The van der Waals surface area contributed by atoms with Gasteiger partial charge in [0.05, 0.1) is 15.7 Å². The number of nitrogens with two attached hydrogens (primary N) is 1. The number of aryl methyl sites for hydroxylation is 1. The Morgan fingerprint density at radius 1 is 1.00 bits per heavy atom. The minimum atomic E-state index is 0.316. The molecule has 0 fully saturated rings. The Hall–Kier alpha value is -2.04. The second-order valence-electron chi connectivity index (χ2n) is 4.55. The molecule has 0 atom stereocenters. The second-order valence-corrected chi connectivity index (χ2v) is 5.37. The summed E-state index contributed by atoms with van der Waals surface area (Å²) in [5.74, 6) is 0.667. The fraction of sp³-hybridized carbons (Fsp3) is 0.0667. The van der Waals surface area contributed by atoms with Gasteiger partial charge in [0.25, 0.3) is 0 Å². The quantitative estimate of drug-likeness (QED) is 0.700. The van der Waals surface area contributed by atoms with E-state index in [1.54, 1.807) is 12.1 Å². The second kappa shape index (κ2) is 5.39. The molecule has 0 bridgehead atoms.